The summed E-state index contributed by atoms with van der Waals surface area (Å²) >= 11 is 0. The van der Waals surface area contributed by atoms with Gasteiger partial charge in [-0.15, -0.1) is 0 Å². The average Bonchev–Trinajstić information content (AvgIpc) is 3.55. The molecule has 0 aliphatic heterocycles. The Balaban J connectivity index is 1.41. The second-order valence-electron chi connectivity index (χ2n) is 8.44. The molecule has 6 heteroatoms. The van der Waals surface area contributed by atoms with Crippen LogP contribution in [0, 0.1) is 0 Å². The number of para-hydroxylation sites is 1. The second-order valence-corrected chi connectivity index (χ2v) is 8.44. The molecule has 0 atom stereocenters. The fourth-order valence-corrected chi connectivity index (χ4v) is 4.39. The number of aromatic amines is 1. The Labute approximate surface area is 204 Å². The third-order valence-corrected chi connectivity index (χ3v) is 6.16. The highest BCUT2D eigenvalue weighted by Crippen LogP contribution is 2.32. The Kier molecular flexibility index (Phi) is 6.61. The molecule has 0 aliphatic carbocycles. The monoisotopic (exact) mass is 465 g/mol. The summed E-state index contributed by atoms with van der Waals surface area (Å²) in [5.74, 6) is 1.63. The number of hydrogen-bond donors (Lipinski definition) is 1. The van der Waals surface area contributed by atoms with Gasteiger partial charge in [0.05, 0.1) is 19.9 Å². The normalized spacial score (nSPS) is 11.0. The van der Waals surface area contributed by atoms with Crippen molar-refractivity contribution in [3.05, 3.63) is 108 Å². The molecule has 3 heterocycles. The molecular weight excluding hydrogens is 438 g/mol. The van der Waals surface area contributed by atoms with E-state index in [1.54, 1.807) is 25.8 Å². The van der Waals surface area contributed by atoms with E-state index < -0.39 is 0 Å². The fourth-order valence-electron chi connectivity index (χ4n) is 4.39. The van der Waals surface area contributed by atoms with Crippen LogP contribution >= 0.6 is 0 Å². The number of nitrogens with one attached hydrogen (secondary N) is 1. The van der Waals surface area contributed by atoms with Crippen molar-refractivity contribution in [2.45, 2.75) is 25.9 Å². The van der Waals surface area contributed by atoms with E-state index in [0.717, 1.165) is 44.8 Å². The number of fused-ring (bicyclic) bond motifs is 1. The van der Waals surface area contributed by atoms with Crippen LogP contribution in [0.1, 0.15) is 23.3 Å². The highest BCUT2D eigenvalue weighted by Gasteiger charge is 2.19. The maximum Gasteiger partial charge on any atom is 0.223 e. The number of nitrogens with zero attached hydrogens (tertiary/aromatic N) is 2. The summed E-state index contributed by atoms with van der Waals surface area (Å²) in [4.78, 5) is 23.1. The maximum absolute atomic E-state index is 13.5. The first kappa shape index (κ1) is 22.5. The molecule has 0 fully saturated rings. The van der Waals surface area contributed by atoms with Gasteiger partial charge in [0, 0.05) is 42.0 Å². The molecule has 2 aromatic carbocycles. The summed E-state index contributed by atoms with van der Waals surface area (Å²) in [6.45, 7) is 0.895. The zero-order chi connectivity index (χ0) is 24.0. The number of hydrogen-bond acceptors (Lipinski definition) is 4. The third kappa shape index (κ3) is 5.11. The Bertz CT molecular complexity index is 1390. The maximum atomic E-state index is 13.5. The van der Waals surface area contributed by atoms with Crippen LogP contribution in [0.4, 0.5) is 0 Å². The lowest BCUT2D eigenvalue weighted by Crippen LogP contribution is -2.30. The van der Waals surface area contributed by atoms with E-state index in [9.17, 15) is 4.79 Å². The molecule has 1 N–H and O–H groups in total. The minimum atomic E-state index is 0.0659. The molecule has 6 nitrogen and oxygen atoms in total. The molecule has 0 saturated carbocycles. The molecule has 3 aromatic heterocycles. The first-order chi connectivity index (χ1) is 17.2. The van der Waals surface area contributed by atoms with E-state index in [1.165, 1.54) is 0 Å². The van der Waals surface area contributed by atoms with Crippen LogP contribution in [-0.4, -0.2) is 27.9 Å². The van der Waals surface area contributed by atoms with Crippen molar-refractivity contribution in [3.8, 4) is 17.0 Å². The van der Waals surface area contributed by atoms with Crippen molar-refractivity contribution in [2.24, 2.45) is 0 Å². The number of ether oxygens (including phenoxy) is 1. The topological polar surface area (TPSA) is 71.4 Å². The number of H-pyrrole nitrogens is 1. The summed E-state index contributed by atoms with van der Waals surface area (Å²) in [7, 11) is 1.66. The molecule has 35 heavy (non-hydrogen) atoms. The predicted molar refractivity (Wildman–Crippen MR) is 136 cm³/mol. The Morgan fingerprint density at radius 2 is 1.86 bits per heavy atom. The minimum absolute atomic E-state index is 0.0659. The van der Waals surface area contributed by atoms with Crippen LogP contribution < -0.4 is 4.74 Å². The molecular formula is C29H27N3O3. The second kappa shape index (κ2) is 10.3. The van der Waals surface area contributed by atoms with Gasteiger partial charge in [0.2, 0.25) is 5.91 Å². The standard InChI is InChI=1S/C29H27N3O3/c1-34-23-12-10-22(11-13-23)29-26(25-8-2-3-9-27(25)31-29)14-15-28(33)32(20-24-7-5-17-35-24)19-21-6-4-16-30-18-21/h2-13,16-18,31H,14-15,19-20H2,1H3. The SMILES string of the molecule is COc1ccc(-c2[nH]c3ccccc3c2CCC(=O)N(Cc2cccnc2)Cc2ccco2)cc1. The zero-order valence-corrected chi connectivity index (χ0v) is 19.6. The van der Waals surface area contributed by atoms with Gasteiger partial charge in [-0.3, -0.25) is 9.78 Å². The van der Waals surface area contributed by atoms with Gasteiger partial charge in [0.15, 0.2) is 0 Å². The molecule has 1 amide bonds. The lowest BCUT2D eigenvalue weighted by molar-refractivity contribution is -0.132. The molecule has 0 unspecified atom stereocenters. The van der Waals surface area contributed by atoms with Gasteiger partial charge in [-0.1, -0.05) is 24.3 Å². The number of carbonyl (C=O) groups is 1. The number of rotatable bonds is 9. The van der Waals surface area contributed by atoms with Gasteiger partial charge >= 0.3 is 0 Å². The van der Waals surface area contributed by atoms with Crippen molar-refractivity contribution in [2.75, 3.05) is 7.11 Å². The van der Waals surface area contributed by atoms with Crippen LogP contribution in [0.25, 0.3) is 22.2 Å². The molecule has 5 aromatic rings. The molecule has 0 saturated heterocycles. The molecule has 176 valence electrons. The summed E-state index contributed by atoms with van der Waals surface area (Å²) < 4.78 is 10.8. The third-order valence-electron chi connectivity index (χ3n) is 6.16. The highest BCUT2D eigenvalue weighted by atomic mass is 16.5. The summed E-state index contributed by atoms with van der Waals surface area (Å²) in [6, 6.07) is 23.8. The van der Waals surface area contributed by atoms with Crippen molar-refractivity contribution in [1.82, 2.24) is 14.9 Å². The first-order valence-electron chi connectivity index (χ1n) is 11.6. The Hall–Kier alpha value is -4.32. The van der Waals surface area contributed by atoms with Gasteiger partial charge in [0.25, 0.3) is 0 Å². The zero-order valence-electron chi connectivity index (χ0n) is 19.6. The number of amides is 1. The molecule has 0 bridgehead atoms. The fraction of sp³-hybridized carbons (Fsp3) is 0.172. The Morgan fingerprint density at radius 1 is 1.00 bits per heavy atom. The van der Waals surface area contributed by atoms with Crippen LogP contribution in [0.5, 0.6) is 5.75 Å². The van der Waals surface area contributed by atoms with Crippen molar-refractivity contribution >= 4 is 16.8 Å². The van der Waals surface area contributed by atoms with Crippen molar-refractivity contribution < 1.29 is 13.9 Å². The molecule has 0 radical (unpaired) electrons. The number of aromatic nitrogens is 2. The van der Waals surface area contributed by atoms with Gasteiger partial charge in [-0.05, 0) is 71.6 Å². The van der Waals surface area contributed by atoms with Crippen LogP contribution in [0.15, 0.2) is 95.9 Å². The number of aryl methyl sites for hydroxylation is 1. The lowest BCUT2D eigenvalue weighted by Gasteiger charge is -2.22. The van der Waals surface area contributed by atoms with E-state index in [4.69, 9.17) is 9.15 Å². The highest BCUT2D eigenvalue weighted by molar-refractivity contribution is 5.91. The van der Waals surface area contributed by atoms with Crippen LogP contribution in [-0.2, 0) is 24.3 Å². The van der Waals surface area contributed by atoms with Crippen LogP contribution in [0.2, 0.25) is 0 Å². The lowest BCUT2D eigenvalue weighted by atomic mass is 10.0. The van der Waals surface area contributed by atoms with E-state index in [0.29, 0.717) is 25.9 Å². The number of carbonyl (C=O) groups excluding carboxylic acids is 1. The smallest absolute Gasteiger partial charge is 0.223 e. The van der Waals surface area contributed by atoms with Gasteiger partial charge in [0.1, 0.15) is 11.5 Å². The molecule has 0 spiro atoms. The van der Waals surface area contributed by atoms with E-state index in [1.807, 2.05) is 65.6 Å². The molecule has 0 aliphatic rings. The summed E-state index contributed by atoms with van der Waals surface area (Å²) in [6.07, 6.45) is 6.16. The van der Waals surface area contributed by atoms with E-state index in [2.05, 4.69) is 22.1 Å². The average molecular weight is 466 g/mol. The number of methoxy groups -OCH3 is 1. The number of benzene rings is 2. The van der Waals surface area contributed by atoms with Gasteiger partial charge < -0.3 is 19.0 Å². The number of furan rings is 1. The quantitative estimate of drug-likeness (QED) is 0.290. The summed E-state index contributed by atoms with van der Waals surface area (Å²) in [5.41, 5.74) is 5.28. The van der Waals surface area contributed by atoms with Gasteiger partial charge in [-0.25, -0.2) is 0 Å². The largest absolute Gasteiger partial charge is 0.497 e. The Morgan fingerprint density at radius 3 is 2.60 bits per heavy atom. The van der Waals surface area contributed by atoms with Gasteiger partial charge in [-0.2, -0.15) is 0 Å². The predicted octanol–water partition coefficient (Wildman–Crippen LogP) is 5.99. The first-order valence-corrected chi connectivity index (χ1v) is 11.6. The summed E-state index contributed by atoms with van der Waals surface area (Å²) in [5, 5.41) is 1.14. The van der Waals surface area contributed by atoms with Crippen molar-refractivity contribution in [3.63, 3.8) is 0 Å². The van der Waals surface area contributed by atoms with Crippen molar-refractivity contribution in [1.29, 1.82) is 0 Å². The number of pyridine rings is 1. The minimum Gasteiger partial charge on any atom is -0.497 e. The van der Waals surface area contributed by atoms with Crippen LogP contribution in [0.3, 0.4) is 0 Å². The molecule has 5 rings (SSSR count). The van der Waals surface area contributed by atoms with E-state index >= 15 is 0 Å². The van der Waals surface area contributed by atoms with E-state index in [-0.39, 0.29) is 5.91 Å².